The van der Waals surface area contributed by atoms with E-state index in [0.717, 1.165) is 32.6 Å². The van der Waals surface area contributed by atoms with Crippen molar-refractivity contribution in [2.45, 2.75) is 25.3 Å². The Morgan fingerprint density at radius 2 is 2.27 bits per heavy atom. The molecule has 0 spiro atoms. The molecule has 0 unspecified atom stereocenters. The van der Waals surface area contributed by atoms with Gasteiger partial charge < -0.3 is 10.1 Å². The fourth-order valence-corrected chi connectivity index (χ4v) is 2.63. The van der Waals surface area contributed by atoms with E-state index in [1.807, 2.05) is 7.05 Å². The van der Waals surface area contributed by atoms with E-state index in [-0.39, 0.29) is 12.4 Å². The lowest BCUT2D eigenvalue weighted by Gasteiger charge is -2.19. The Kier molecular flexibility index (Phi) is 5.53. The third-order valence-electron chi connectivity index (χ3n) is 2.54. The second-order valence-electron chi connectivity index (χ2n) is 3.58. The van der Waals surface area contributed by atoms with Crippen LogP contribution in [0.4, 0.5) is 0 Å². The fraction of sp³-hybridized carbons (Fsp3) is 0.700. The van der Waals surface area contributed by atoms with Crippen LogP contribution >= 0.6 is 23.7 Å². The van der Waals surface area contributed by atoms with Crippen molar-refractivity contribution in [3.63, 3.8) is 0 Å². The summed E-state index contributed by atoms with van der Waals surface area (Å²) in [5.74, 6) is 0.630. The molecule has 3 nitrogen and oxygen atoms in total. The van der Waals surface area contributed by atoms with Gasteiger partial charge in [-0.25, -0.2) is 4.98 Å². The van der Waals surface area contributed by atoms with E-state index in [1.165, 1.54) is 10.7 Å². The fourth-order valence-electron chi connectivity index (χ4n) is 1.74. The van der Waals surface area contributed by atoms with Gasteiger partial charge >= 0.3 is 0 Å². The molecule has 1 aliphatic heterocycles. The molecular formula is C10H17ClN2OS. The van der Waals surface area contributed by atoms with Gasteiger partial charge in [-0.05, 0) is 19.9 Å². The molecule has 1 fully saturated rings. The van der Waals surface area contributed by atoms with Gasteiger partial charge in [0.05, 0.1) is 5.69 Å². The molecule has 0 amide bonds. The van der Waals surface area contributed by atoms with E-state index in [9.17, 15) is 0 Å². The largest absolute Gasteiger partial charge is 0.381 e. The molecule has 0 saturated carbocycles. The van der Waals surface area contributed by atoms with Gasteiger partial charge in [-0.3, -0.25) is 0 Å². The highest BCUT2D eigenvalue weighted by Gasteiger charge is 2.18. The van der Waals surface area contributed by atoms with Crippen molar-refractivity contribution in [1.82, 2.24) is 10.3 Å². The first kappa shape index (κ1) is 12.9. The lowest BCUT2D eigenvalue weighted by molar-refractivity contribution is 0.0846. The molecule has 5 heteroatoms. The summed E-state index contributed by atoms with van der Waals surface area (Å²) in [5, 5.41) is 6.51. The first-order valence-electron chi connectivity index (χ1n) is 5.07. The Morgan fingerprint density at radius 3 is 2.93 bits per heavy atom. The number of hydrogen-bond acceptors (Lipinski definition) is 4. The molecule has 0 atom stereocenters. The maximum Gasteiger partial charge on any atom is 0.107 e. The predicted molar refractivity (Wildman–Crippen MR) is 64.9 cm³/mol. The average Bonchev–Trinajstić information content (AvgIpc) is 2.68. The number of ether oxygens (including phenoxy) is 1. The second kappa shape index (κ2) is 6.43. The minimum atomic E-state index is 0. The number of nitrogens with zero attached hydrogens (tertiary/aromatic N) is 1. The van der Waals surface area contributed by atoms with Gasteiger partial charge in [0.2, 0.25) is 0 Å². The Hall–Kier alpha value is -0.160. The Labute approximate surface area is 101 Å². The molecule has 86 valence electrons. The van der Waals surface area contributed by atoms with Crippen LogP contribution in [0.2, 0.25) is 0 Å². The summed E-state index contributed by atoms with van der Waals surface area (Å²) < 4.78 is 5.34. The molecule has 0 radical (unpaired) electrons. The lowest BCUT2D eigenvalue weighted by atomic mass is 9.98. The van der Waals surface area contributed by atoms with Crippen LogP contribution in [0.15, 0.2) is 5.38 Å². The van der Waals surface area contributed by atoms with E-state index >= 15 is 0 Å². The predicted octanol–water partition coefficient (Wildman–Crippen LogP) is 2.18. The normalized spacial score (nSPS) is 17.4. The third kappa shape index (κ3) is 3.41. The molecule has 0 bridgehead atoms. The number of halogens is 1. The number of hydrogen-bond donors (Lipinski definition) is 1. The summed E-state index contributed by atoms with van der Waals surface area (Å²) in [7, 11) is 1.95. The summed E-state index contributed by atoms with van der Waals surface area (Å²) in [6.07, 6.45) is 2.26. The minimum absolute atomic E-state index is 0. The lowest BCUT2D eigenvalue weighted by Crippen LogP contribution is -2.14. The quantitative estimate of drug-likeness (QED) is 0.891. The molecule has 1 aromatic heterocycles. The molecule has 1 aromatic rings. The number of thiazole rings is 1. The molecule has 0 aromatic carbocycles. The maximum absolute atomic E-state index is 5.34. The summed E-state index contributed by atoms with van der Waals surface area (Å²) in [6.45, 7) is 2.67. The van der Waals surface area contributed by atoms with Gasteiger partial charge in [0, 0.05) is 31.1 Å². The van der Waals surface area contributed by atoms with Crippen molar-refractivity contribution >= 4 is 23.7 Å². The third-order valence-corrected chi connectivity index (χ3v) is 3.40. The van der Waals surface area contributed by atoms with Gasteiger partial charge in [0.15, 0.2) is 0 Å². The summed E-state index contributed by atoms with van der Waals surface area (Å²) in [4.78, 5) is 4.62. The number of aromatic nitrogens is 1. The van der Waals surface area contributed by atoms with Crippen LogP contribution < -0.4 is 5.32 Å². The highest BCUT2D eigenvalue weighted by atomic mass is 35.5. The summed E-state index contributed by atoms with van der Waals surface area (Å²) in [6, 6.07) is 0. The maximum atomic E-state index is 5.34. The molecule has 2 heterocycles. The number of rotatable bonds is 3. The molecule has 15 heavy (non-hydrogen) atoms. The molecular weight excluding hydrogens is 232 g/mol. The van der Waals surface area contributed by atoms with Gasteiger partial charge in [-0.2, -0.15) is 0 Å². The van der Waals surface area contributed by atoms with Crippen LogP contribution in [-0.2, 0) is 11.3 Å². The first-order valence-corrected chi connectivity index (χ1v) is 5.94. The second-order valence-corrected chi connectivity index (χ2v) is 4.53. The first-order chi connectivity index (χ1) is 6.90. The smallest absolute Gasteiger partial charge is 0.107 e. The molecule has 1 saturated heterocycles. The zero-order valence-electron chi connectivity index (χ0n) is 8.86. The van der Waals surface area contributed by atoms with Crippen LogP contribution in [-0.4, -0.2) is 25.2 Å². The van der Waals surface area contributed by atoms with E-state index in [0.29, 0.717) is 5.92 Å². The monoisotopic (exact) mass is 248 g/mol. The van der Waals surface area contributed by atoms with Crippen LogP contribution in [0, 0.1) is 0 Å². The van der Waals surface area contributed by atoms with Crippen LogP contribution in [0.25, 0.3) is 0 Å². The van der Waals surface area contributed by atoms with Crippen molar-refractivity contribution in [1.29, 1.82) is 0 Å². The molecule has 0 aliphatic carbocycles. The van der Waals surface area contributed by atoms with Gasteiger partial charge in [0.25, 0.3) is 0 Å². The minimum Gasteiger partial charge on any atom is -0.381 e. The van der Waals surface area contributed by atoms with Gasteiger partial charge in [-0.15, -0.1) is 23.7 Å². The zero-order valence-corrected chi connectivity index (χ0v) is 10.5. The van der Waals surface area contributed by atoms with Crippen molar-refractivity contribution < 1.29 is 4.74 Å². The van der Waals surface area contributed by atoms with Crippen molar-refractivity contribution in [3.05, 3.63) is 16.1 Å². The summed E-state index contributed by atoms with van der Waals surface area (Å²) in [5.41, 5.74) is 1.27. The average molecular weight is 249 g/mol. The van der Waals surface area contributed by atoms with E-state index < -0.39 is 0 Å². The zero-order chi connectivity index (χ0) is 9.80. The van der Waals surface area contributed by atoms with Crippen molar-refractivity contribution in [2.24, 2.45) is 0 Å². The van der Waals surface area contributed by atoms with Crippen LogP contribution in [0.1, 0.15) is 29.5 Å². The van der Waals surface area contributed by atoms with Crippen LogP contribution in [0.5, 0.6) is 0 Å². The van der Waals surface area contributed by atoms with Crippen molar-refractivity contribution in [3.8, 4) is 0 Å². The summed E-state index contributed by atoms with van der Waals surface area (Å²) >= 11 is 1.75. The van der Waals surface area contributed by atoms with E-state index in [1.54, 1.807) is 11.3 Å². The van der Waals surface area contributed by atoms with Gasteiger partial charge in [-0.1, -0.05) is 0 Å². The molecule has 1 aliphatic rings. The van der Waals surface area contributed by atoms with Gasteiger partial charge in [0.1, 0.15) is 5.01 Å². The Balaban J connectivity index is 0.00000112. The standard InChI is InChI=1S/C10H16N2OS.ClH/c1-11-6-10-12-9(7-14-10)8-2-4-13-5-3-8;/h7-8,11H,2-6H2,1H3;1H. The van der Waals surface area contributed by atoms with Crippen molar-refractivity contribution in [2.75, 3.05) is 20.3 Å². The Bertz CT molecular complexity index is 287. The van der Waals surface area contributed by atoms with Crippen LogP contribution in [0.3, 0.4) is 0 Å². The molecule has 2 rings (SSSR count). The van der Waals surface area contributed by atoms with E-state index in [4.69, 9.17) is 4.74 Å². The SMILES string of the molecule is CNCc1nc(C2CCOCC2)cs1.Cl. The number of nitrogens with one attached hydrogen (secondary N) is 1. The highest BCUT2D eigenvalue weighted by Crippen LogP contribution is 2.27. The Morgan fingerprint density at radius 1 is 1.53 bits per heavy atom. The van der Waals surface area contributed by atoms with E-state index in [2.05, 4.69) is 15.7 Å². The highest BCUT2D eigenvalue weighted by molar-refractivity contribution is 7.09. The topological polar surface area (TPSA) is 34.2 Å². The molecule has 1 N–H and O–H groups in total.